The normalized spacial score (nSPS) is 21.7. The van der Waals surface area contributed by atoms with Gasteiger partial charge in [-0.1, -0.05) is 35.9 Å². The van der Waals surface area contributed by atoms with Crippen LogP contribution in [0.5, 0.6) is 0 Å². The molecular formula is C23H22N2O. The monoisotopic (exact) mass is 342 g/mol. The minimum absolute atomic E-state index is 0.119. The van der Waals surface area contributed by atoms with Gasteiger partial charge < -0.3 is 4.42 Å². The van der Waals surface area contributed by atoms with Crippen LogP contribution in [0, 0.1) is 12.8 Å². The summed E-state index contributed by atoms with van der Waals surface area (Å²) in [6.07, 6.45) is 5.20. The molecule has 5 rings (SSSR count). The predicted molar refractivity (Wildman–Crippen MR) is 105 cm³/mol. The molecule has 1 aliphatic carbocycles. The van der Waals surface area contributed by atoms with E-state index in [1.165, 1.54) is 28.8 Å². The first-order valence-corrected chi connectivity index (χ1v) is 9.37. The highest BCUT2D eigenvalue weighted by Crippen LogP contribution is 2.44. The van der Waals surface area contributed by atoms with Crippen LogP contribution >= 0.6 is 0 Å². The van der Waals surface area contributed by atoms with Crippen LogP contribution in [0.15, 0.2) is 76.4 Å². The Balaban J connectivity index is 1.68. The summed E-state index contributed by atoms with van der Waals surface area (Å²) in [7, 11) is 0. The van der Waals surface area contributed by atoms with Crippen molar-refractivity contribution in [1.82, 2.24) is 0 Å². The first kappa shape index (κ1) is 15.4. The summed E-state index contributed by atoms with van der Waals surface area (Å²) >= 11 is 0. The Morgan fingerprint density at radius 2 is 1.92 bits per heavy atom. The number of anilines is 1. The van der Waals surface area contributed by atoms with Gasteiger partial charge >= 0.3 is 0 Å². The van der Waals surface area contributed by atoms with E-state index in [1.54, 1.807) is 6.26 Å². The second kappa shape index (κ2) is 6.17. The number of benzene rings is 2. The van der Waals surface area contributed by atoms with Crippen LogP contribution in [-0.2, 0) is 6.42 Å². The van der Waals surface area contributed by atoms with Crippen LogP contribution in [0.25, 0.3) is 0 Å². The highest BCUT2D eigenvalue weighted by Gasteiger charge is 2.42. The number of hydrogen-bond acceptors (Lipinski definition) is 3. The lowest BCUT2D eigenvalue weighted by molar-refractivity contribution is 0.405. The van der Waals surface area contributed by atoms with Crippen LogP contribution in [-0.4, -0.2) is 5.71 Å². The van der Waals surface area contributed by atoms with Gasteiger partial charge in [0.25, 0.3) is 0 Å². The van der Waals surface area contributed by atoms with Gasteiger partial charge in [-0.15, -0.1) is 0 Å². The number of hydrogen-bond donors (Lipinski definition) is 0. The Morgan fingerprint density at radius 3 is 2.73 bits per heavy atom. The molecule has 0 unspecified atom stereocenters. The van der Waals surface area contributed by atoms with Crippen molar-refractivity contribution in [3.05, 3.63) is 89.4 Å². The summed E-state index contributed by atoms with van der Waals surface area (Å²) in [5.74, 6) is 1.35. The largest absolute Gasteiger partial charge is 0.467 e. The maximum Gasteiger partial charge on any atom is 0.129 e. The fourth-order valence-corrected chi connectivity index (χ4v) is 4.36. The maximum atomic E-state index is 5.86. The second-order valence-electron chi connectivity index (χ2n) is 7.28. The molecule has 1 aromatic heterocycles. The fourth-order valence-electron chi connectivity index (χ4n) is 4.36. The third-order valence-electron chi connectivity index (χ3n) is 5.57. The second-order valence-corrected chi connectivity index (χ2v) is 7.28. The lowest BCUT2D eigenvalue weighted by Gasteiger charge is -2.26. The molecule has 130 valence electrons. The number of fused-ring (bicyclic) bond motifs is 3. The average Bonchev–Trinajstić information content (AvgIpc) is 3.28. The molecule has 0 saturated heterocycles. The Bertz CT molecular complexity index is 944. The molecular weight excluding hydrogens is 320 g/mol. The molecule has 0 fully saturated rings. The smallest absolute Gasteiger partial charge is 0.129 e. The van der Waals surface area contributed by atoms with Gasteiger partial charge in [-0.3, -0.25) is 5.01 Å². The van der Waals surface area contributed by atoms with Crippen molar-refractivity contribution in [2.24, 2.45) is 11.0 Å². The van der Waals surface area contributed by atoms with E-state index in [2.05, 4.69) is 60.5 Å². The molecule has 0 spiro atoms. The first-order valence-electron chi connectivity index (χ1n) is 9.37. The predicted octanol–water partition coefficient (Wildman–Crippen LogP) is 5.51. The lowest BCUT2D eigenvalue weighted by Crippen LogP contribution is -2.25. The SMILES string of the molecule is Cc1ccc2c(c1)C1=NN(c3ccccc3)[C@@H](c3ccco3)[C@@H]1CCC2. The molecule has 0 N–H and O–H groups in total. The van der Waals surface area contributed by atoms with Crippen molar-refractivity contribution in [3.8, 4) is 0 Å². The van der Waals surface area contributed by atoms with E-state index in [4.69, 9.17) is 9.52 Å². The number of furan rings is 1. The van der Waals surface area contributed by atoms with Crippen LogP contribution in [0.3, 0.4) is 0 Å². The fraction of sp³-hybridized carbons (Fsp3) is 0.261. The maximum absolute atomic E-state index is 5.86. The molecule has 0 bridgehead atoms. The van der Waals surface area contributed by atoms with E-state index in [1.807, 2.05) is 12.1 Å². The van der Waals surface area contributed by atoms with E-state index >= 15 is 0 Å². The van der Waals surface area contributed by atoms with Crippen LogP contribution in [0.4, 0.5) is 5.69 Å². The van der Waals surface area contributed by atoms with E-state index < -0.39 is 0 Å². The topological polar surface area (TPSA) is 28.7 Å². The number of rotatable bonds is 2. The van der Waals surface area contributed by atoms with Crippen LogP contribution in [0.1, 0.15) is 41.3 Å². The minimum atomic E-state index is 0.119. The Labute approximate surface area is 154 Å². The van der Waals surface area contributed by atoms with Crippen LogP contribution in [0.2, 0.25) is 0 Å². The van der Waals surface area contributed by atoms with E-state index in [-0.39, 0.29) is 6.04 Å². The number of nitrogens with zero attached hydrogens (tertiary/aromatic N) is 2. The summed E-state index contributed by atoms with van der Waals surface area (Å²) in [6, 6.07) is 21.4. The third kappa shape index (κ3) is 2.47. The van der Waals surface area contributed by atoms with Gasteiger partial charge in [0.05, 0.1) is 17.7 Å². The molecule has 2 aliphatic rings. The molecule has 26 heavy (non-hydrogen) atoms. The number of hydrazone groups is 1. The standard InChI is InChI=1S/C23H22N2O/c1-16-12-13-17-7-5-10-19-22(20(17)15-16)24-25(18-8-3-2-4-9-18)23(19)21-11-6-14-26-21/h2-4,6,8-9,11-15,19,23H,5,7,10H2,1H3/t19-,23-/m1/s1. The molecule has 2 aromatic carbocycles. The van der Waals surface area contributed by atoms with Crippen molar-refractivity contribution in [1.29, 1.82) is 0 Å². The summed E-state index contributed by atoms with van der Waals surface area (Å²) in [5, 5.41) is 7.31. The molecule has 1 aliphatic heterocycles. The van der Waals surface area contributed by atoms with E-state index in [0.29, 0.717) is 5.92 Å². The van der Waals surface area contributed by atoms with Gasteiger partial charge in [-0.2, -0.15) is 5.10 Å². The lowest BCUT2D eigenvalue weighted by atomic mass is 9.87. The molecule has 2 atom stereocenters. The number of aryl methyl sites for hydroxylation is 2. The first-order chi connectivity index (χ1) is 12.8. The van der Waals surface area contributed by atoms with Gasteiger partial charge in [0.1, 0.15) is 11.8 Å². The van der Waals surface area contributed by atoms with Gasteiger partial charge in [0.15, 0.2) is 0 Å². The summed E-state index contributed by atoms with van der Waals surface area (Å²) in [4.78, 5) is 0. The quantitative estimate of drug-likeness (QED) is 0.615. The van der Waals surface area contributed by atoms with E-state index in [0.717, 1.165) is 24.3 Å². The zero-order chi connectivity index (χ0) is 17.5. The summed E-state index contributed by atoms with van der Waals surface area (Å²) < 4.78 is 5.86. The zero-order valence-corrected chi connectivity index (χ0v) is 14.9. The van der Waals surface area contributed by atoms with Gasteiger partial charge in [0, 0.05) is 11.5 Å². The molecule has 3 nitrogen and oxygen atoms in total. The Morgan fingerprint density at radius 1 is 1.04 bits per heavy atom. The average molecular weight is 342 g/mol. The molecule has 2 heterocycles. The van der Waals surface area contributed by atoms with Crippen LogP contribution < -0.4 is 5.01 Å². The molecule has 3 heteroatoms. The highest BCUT2D eigenvalue weighted by atomic mass is 16.3. The van der Waals surface area contributed by atoms with Crippen molar-refractivity contribution in [3.63, 3.8) is 0 Å². The van der Waals surface area contributed by atoms with Crippen molar-refractivity contribution in [2.45, 2.75) is 32.2 Å². The minimum Gasteiger partial charge on any atom is -0.467 e. The zero-order valence-electron chi connectivity index (χ0n) is 14.9. The van der Waals surface area contributed by atoms with Gasteiger partial charge in [-0.25, -0.2) is 0 Å². The molecule has 0 radical (unpaired) electrons. The molecule has 3 aromatic rings. The van der Waals surface area contributed by atoms with Gasteiger partial charge in [0.2, 0.25) is 0 Å². The highest BCUT2D eigenvalue weighted by molar-refractivity contribution is 6.06. The van der Waals surface area contributed by atoms with Crippen molar-refractivity contribution < 1.29 is 4.42 Å². The molecule has 0 saturated carbocycles. The molecule has 0 amide bonds. The summed E-state index contributed by atoms with van der Waals surface area (Å²) in [6.45, 7) is 2.16. The Hall–Kier alpha value is -2.81. The Kier molecular flexibility index (Phi) is 3.66. The van der Waals surface area contributed by atoms with Crippen molar-refractivity contribution >= 4 is 11.4 Å². The summed E-state index contributed by atoms with van der Waals surface area (Å²) in [5.41, 5.74) is 6.36. The third-order valence-corrected chi connectivity index (χ3v) is 5.57. The van der Waals surface area contributed by atoms with E-state index in [9.17, 15) is 0 Å². The van der Waals surface area contributed by atoms with Crippen molar-refractivity contribution in [2.75, 3.05) is 5.01 Å². The number of para-hydroxylation sites is 1. The van der Waals surface area contributed by atoms with Gasteiger partial charge in [-0.05, 0) is 62.1 Å².